The van der Waals surface area contributed by atoms with Crippen LogP contribution in [0.3, 0.4) is 0 Å². The predicted octanol–water partition coefficient (Wildman–Crippen LogP) is 1.30. The number of nitrogens with zero attached hydrogens (tertiary/aromatic N) is 1. The van der Waals surface area contributed by atoms with Crippen LogP contribution in [0.5, 0.6) is 0 Å². The number of benzene rings is 1. The molecule has 1 aromatic rings. The maximum absolute atomic E-state index is 12.6. The fourth-order valence-electron chi connectivity index (χ4n) is 2.43. The second-order valence-electron chi connectivity index (χ2n) is 5.47. The molecule has 0 aliphatic carbocycles. The molecule has 0 saturated carbocycles. The van der Waals surface area contributed by atoms with E-state index in [0.29, 0.717) is 31.9 Å². The molecule has 0 bridgehead atoms. The van der Waals surface area contributed by atoms with Crippen molar-refractivity contribution in [2.75, 3.05) is 45.2 Å². The Balaban J connectivity index is 2.07. The lowest BCUT2D eigenvalue weighted by molar-refractivity contribution is -0.115. The van der Waals surface area contributed by atoms with Crippen LogP contribution in [0, 0.1) is 0 Å². The lowest BCUT2D eigenvalue weighted by Gasteiger charge is -2.17. The lowest BCUT2D eigenvalue weighted by Crippen LogP contribution is -2.30. The topological polar surface area (TPSA) is 87.7 Å². The molecule has 2 rings (SSSR count). The Morgan fingerprint density at radius 3 is 2.71 bits per heavy atom. The lowest BCUT2D eigenvalue weighted by atomic mass is 10.3. The van der Waals surface area contributed by atoms with Crippen LogP contribution in [0.1, 0.15) is 12.8 Å². The predicted molar refractivity (Wildman–Crippen MR) is 92.8 cm³/mol. The number of methoxy groups -OCH3 is 1. The summed E-state index contributed by atoms with van der Waals surface area (Å²) in [6.45, 7) is 2.17. The summed E-state index contributed by atoms with van der Waals surface area (Å²) >= 11 is 6.07. The average molecular weight is 376 g/mol. The van der Waals surface area contributed by atoms with Gasteiger partial charge in [-0.2, -0.15) is 4.31 Å². The number of hydrogen-bond acceptors (Lipinski definition) is 5. The van der Waals surface area contributed by atoms with Gasteiger partial charge in [0.2, 0.25) is 15.9 Å². The third kappa shape index (κ3) is 4.90. The summed E-state index contributed by atoms with van der Waals surface area (Å²) in [5.41, 5.74) is 0.399. The fourth-order valence-corrected chi connectivity index (χ4v) is 4.45. The van der Waals surface area contributed by atoms with Gasteiger partial charge in [0.15, 0.2) is 0 Å². The van der Waals surface area contributed by atoms with E-state index in [0.717, 1.165) is 12.8 Å². The van der Waals surface area contributed by atoms with Gasteiger partial charge >= 0.3 is 0 Å². The number of carbonyl (C=O) groups is 1. The van der Waals surface area contributed by atoms with Crippen molar-refractivity contribution in [1.29, 1.82) is 0 Å². The number of anilines is 1. The van der Waals surface area contributed by atoms with E-state index >= 15 is 0 Å². The molecule has 1 aliphatic heterocycles. The molecule has 1 amide bonds. The highest BCUT2D eigenvalue weighted by Gasteiger charge is 2.29. The van der Waals surface area contributed by atoms with Crippen molar-refractivity contribution >= 4 is 33.2 Å². The first kappa shape index (κ1) is 19.1. The molecule has 0 atom stereocenters. The van der Waals surface area contributed by atoms with Gasteiger partial charge in [-0.3, -0.25) is 4.79 Å². The van der Waals surface area contributed by atoms with E-state index < -0.39 is 10.0 Å². The Labute approximate surface area is 147 Å². The minimum Gasteiger partial charge on any atom is -0.383 e. The highest BCUT2D eigenvalue weighted by molar-refractivity contribution is 7.89. The second kappa shape index (κ2) is 8.77. The first-order valence-corrected chi connectivity index (χ1v) is 9.56. The minimum absolute atomic E-state index is 0.0243. The maximum atomic E-state index is 12.6. The van der Waals surface area contributed by atoms with E-state index in [1.165, 1.54) is 16.4 Å². The highest BCUT2D eigenvalue weighted by atomic mass is 35.5. The molecule has 2 N–H and O–H groups in total. The van der Waals surface area contributed by atoms with Crippen molar-refractivity contribution in [3.05, 3.63) is 23.2 Å². The molecule has 7 nitrogen and oxygen atoms in total. The molecule has 0 aromatic heterocycles. The van der Waals surface area contributed by atoms with Crippen LogP contribution in [0.15, 0.2) is 23.1 Å². The molecule has 1 aromatic carbocycles. The van der Waals surface area contributed by atoms with E-state index in [1.54, 1.807) is 13.2 Å². The second-order valence-corrected chi connectivity index (χ2v) is 7.79. The summed E-state index contributed by atoms with van der Waals surface area (Å²) in [6.07, 6.45) is 1.70. The van der Waals surface area contributed by atoms with Gasteiger partial charge in [0.1, 0.15) is 4.90 Å². The summed E-state index contributed by atoms with van der Waals surface area (Å²) in [5.74, 6) is -0.266. The number of hydrogen-bond donors (Lipinski definition) is 2. The normalized spacial score (nSPS) is 15.6. The van der Waals surface area contributed by atoms with Gasteiger partial charge in [0, 0.05) is 32.4 Å². The zero-order valence-corrected chi connectivity index (χ0v) is 15.1. The quantitative estimate of drug-likeness (QED) is 0.669. The number of amides is 1. The molecule has 9 heteroatoms. The molecule has 1 aliphatic rings. The van der Waals surface area contributed by atoms with E-state index in [9.17, 15) is 13.2 Å². The number of sulfonamides is 1. The summed E-state index contributed by atoms with van der Waals surface area (Å²) in [7, 11) is -2.05. The third-order valence-electron chi connectivity index (χ3n) is 3.67. The van der Waals surface area contributed by atoms with Crippen molar-refractivity contribution in [2.24, 2.45) is 0 Å². The first-order chi connectivity index (χ1) is 11.4. The average Bonchev–Trinajstić information content (AvgIpc) is 3.08. The van der Waals surface area contributed by atoms with E-state index in [1.807, 2.05) is 0 Å². The van der Waals surface area contributed by atoms with Gasteiger partial charge in [-0.05, 0) is 31.0 Å². The number of ether oxygens (including phenoxy) is 1. The SMILES string of the molecule is COCCNCC(=O)Nc1ccc(Cl)c(S(=O)(=O)N2CCCC2)c1. The Morgan fingerprint density at radius 1 is 1.33 bits per heavy atom. The van der Waals surface area contributed by atoms with Crippen molar-refractivity contribution in [3.8, 4) is 0 Å². The largest absolute Gasteiger partial charge is 0.383 e. The number of halogens is 1. The minimum atomic E-state index is -3.63. The van der Waals surface area contributed by atoms with Crippen LogP contribution in [0.2, 0.25) is 5.02 Å². The zero-order valence-electron chi connectivity index (χ0n) is 13.5. The monoisotopic (exact) mass is 375 g/mol. The Kier molecular flexibility index (Phi) is 7.00. The van der Waals surface area contributed by atoms with Crippen molar-refractivity contribution < 1.29 is 17.9 Å². The molecular formula is C15H22ClN3O4S. The fraction of sp³-hybridized carbons (Fsp3) is 0.533. The molecule has 134 valence electrons. The van der Waals surface area contributed by atoms with Gasteiger partial charge in [-0.15, -0.1) is 0 Å². The Bertz CT molecular complexity index is 675. The van der Waals surface area contributed by atoms with Crippen molar-refractivity contribution in [3.63, 3.8) is 0 Å². The zero-order chi connectivity index (χ0) is 17.6. The van der Waals surface area contributed by atoms with Gasteiger partial charge < -0.3 is 15.4 Å². The highest BCUT2D eigenvalue weighted by Crippen LogP contribution is 2.29. The summed E-state index contributed by atoms with van der Waals surface area (Å²) < 4.78 is 31.6. The van der Waals surface area contributed by atoms with E-state index in [4.69, 9.17) is 16.3 Å². The van der Waals surface area contributed by atoms with Crippen LogP contribution >= 0.6 is 11.6 Å². The number of rotatable bonds is 8. The van der Waals surface area contributed by atoms with Gasteiger partial charge in [-0.25, -0.2) is 8.42 Å². The molecule has 0 radical (unpaired) electrons. The van der Waals surface area contributed by atoms with Gasteiger partial charge in [0.25, 0.3) is 0 Å². The number of nitrogens with one attached hydrogen (secondary N) is 2. The molecule has 1 saturated heterocycles. The molecule has 24 heavy (non-hydrogen) atoms. The Hall–Kier alpha value is -1.19. The van der Waals surface area contributed by atoms with Gasteiger partial charge in [0.05, 0.1) is 18.2 Å². The smallest absolute Gasteiger partial charge is 0.244 e. The maximum Gasteiger partial charge on any atom is 0.244 e. The third-order valence-corrected chi connectivity index (χ3v) is 6.05. The summed E-state index contributed by atoms with van der Waals surface area (Å²) in [6, 6.07) is 4.47. The molecule has 0 spiro atoms. The Morgan fingerprint density at radius 2 is 2.04 bits per heavy atom. The van der Waals surface area contributed by atoms with Gasteiger partial charge in [-0.1, -0.05) is 11.6 Å². The molecule has 1 fully saturated rings. The summed E-state index contributed by atoms with van der Waals surface area (Å²) in [5, 5.41) is 5.73. The molecule has 0 unspecified atom stereocenters. The van der Waals surface area contributed by atoms with E-state index in [2.05, 4.69) is 10.6 Å². The van der Waals surface area contributed by atoms with Crippen LogP contribution in [-0.4, -0.2) is 58.5 Å². The number of carbonyl (C=O) groups excluding carboxylic acids is 1. The van der Waals surface area contributed by atoms with Crippen molar-refractivity contribution in [1.82, 2.24) is 9.62 Å². The van der Waals surface area contributed by atoms with Crippen LogP contribution in [0.4, 0.5) is 5.69 Å². The summed E-state index contributed by atoms with van der Waals surface area (Å²) in [4.78, 5) is 11.9. The van der Waals surface area contributed by atoms with E-state index in [-0.39, 0.29) is 22.4 Å². The van der Waals surface area contributed by atoms with Crippen LogP contribution in [-0.2, 0) is 19.6 Å². The first-order valence-electron chi connectivity index (χ1n) is 7.74. The molecular weight excluding hydrogens is 354 g/mol. The van der Waals surface area contributed by atoms with Crippen LogP contribution < -0.4 is 10.6 Å². The van der Waals surface area contributed by atoms with Crippen LogP contribution in [0.25, 0.3) is 0 Å². The standard InChI is InChI=1S/C15H22ClN3O4S/c1-23-9-6-17-11-15(20)18-12-4-5-13(16)14(10-12)24(21,22)19-7-2-3-8-19/h4-5,10,17H,2-3,6-9,11H2,1H3,(H,18,20). The molecule has 1 heterocycles. The van der Waals surface area contributed by atoms with Crippen molar-refractivity contribution in [2.45, 2.75) is 17.7 Å².